The van der Waals surface area contributed by atoms with Gasteiger partial charge < -0.3 is 15.5 Å². The number of hydrogen-bond acceptors (Lipinski definition) is 7. The summed E-state index contributed by atoms with van der Waals surface area (Å²) >= 11 is 0. The Morgan fingerprint density at radius 2 is 1.67 bits per heavy atom. The molecule has 1 fully saturated rings. The molecule has 2 heterocycles. The van der Waals surface area contributed by atoms with Crippen molar-refractivity contribution in [1.29, 1.82) is 0 Å². The number of ketones is 1. The Balaban J connectivity index is 0.000000431. The Bertz CT molecular complexity index is 1160. The zero-order valence-electron chi connectivity index (χ0n) is 21.8. The molecular formula is C26H36F3N5O2. The molecule has 4 rings (SSSR count). The van der Waals surface area contributed by atoms with Gasteiger partial charge in [-0.2, -0.15) is 13.2 Å². The van der Waals surface area contributed by atoms with Crippen molar-refractivity contribution < 1.29 is 22.4 Å². The number of hydrogen-bond donors (Lipinski definition) is 2. The zero-order valence-corrected chi connectivity index (χ0v) is 21.8. The average molecular weight is 508 g/mol. The van der Waals surface area contributed by atoms with Gasteiger partial charge in [-0.05, 0) is 54.5 Å². The second kappa shape index (κ2) is 12.2. The number of alkyl halides is 3. The lowest BCUT2D eigenvalue weighted by Gasteiger charge is -2.23. The van der Waals surface area contributed by atoms with Crippen molar-refractivity contribution in [3.63, 3.8) is 0 Å². The summed E-state index contributed by atoms with van der Waals surface area (Å²) in [5.74, 6) is 0.655. The number of nitrogens with two attached hydrogens (primary N) is 1. The Labute approximate surface area is 210 Å². The first kappa shape index (κ1) is 29.1. The van der Waals surface area contributed by atoms with E-state index in [9.17, 15) is 18.0 Å². The van der Waals surface area contributed by atoms with E-state index in [1.54, 1.807) is 18.2 Å². The summed E-state index contributed by atoms with van der Waals surface area (Å²) < 4.78 is 43.1. The number of aryl methyl sites for hydroxylation is 1. The van der Waals surface area contributed by atoms with Crippen molar-refractivity contribution in [2.45, 2.75) is 85.2 Å². The molecular weight excluding hydrogens is 471 g/mol. The number of aromatic nitrogens is 3. The fraction of sp³-hybridized carbons (Fsp3) is 0.538. The van der Waals surface area contributed by atoms with Gasteiger partial charge in [-0.1, -0.05) is 46.1 Å². The molecule has 10 heteroatoms. The first-order valence-electron chi connectivity index (χ1n) is 12.2. The van der Waals surface area contributed by atoms with Gasteiger partial charge >= 0.3 is 12.2 Å². The molecule has 198 valence electrons. The van der Waals surface area contributed by atoms with E-state index in [-0.39, 0.29) is 17.3 Å². The normalized spacial score (nSPS) is 14.0. The first-order chi connectivity index (χ1) is 16.8. The number of fused-ring (bicyclic) bond motifs is 1. The van der Waals surface area contributed by atoms with Crippen LogP contribution in [0.15, 0.2) is 22.6 Å². The van der Waals surface area contributed by atoms with Gasteiger partial charge in [0.05, 0.1) is 5.52 Å². The summed E-state index contributed by atoms with van der Waals surface area (Å²) in [5.41, 5.74) is 8.30. The van der Waals surface area contributed by atoms with Crippen LogP contribution in [0.3, 0.4) is 0 Å². The van der Waals surface area contributed by atoms with E-state index >= 15 is 0 Å². The highest BCUT2D eigenvalue weighted by molar-refractivity contribution is 5.90. The lowest BCUT2D eigenvalue weighted by molar-refractivity contribution is -0.120. The van der Waals surface area contributed by atoms with Crippen LogP contribution >= 0.6 is 0 Å². The molecule has 0 atom stereocenters. The molecule has 1 aliphatic carbocycles. The molecule has 0 saturated heterocycles. The fourth-order valence-corrected chi connectivity index (χ4v) is 3.76. The number of pyridine rings is 1. The highest BCUT2D eigenvalue weighted by Crippen LogP contribution is 2.35. The molecule has 3 N–H and O–H groups in total. The quantitative estimate of drug-likeness (QED) is 0.393. The highest BCUT2D eigenvalue weighted by Gasteiger charge is 2.27. The molecule has 0 aliphatic heterocycles. The van der Waals surface area contributed by atoms with Crippen LogP contribution in [-0.4, -0.2) is 33.7 Å². The van der Waals surface area contributed by atoms with Crippen LogP contribution in [0.1, 0.15) is 77.8 Å². The summed E-state index contributed by atoms with van der Waals surface area (Å²) in [7, 11) is 0. The maximum atomic E-state index is 12.6. The lowest BCUT2D eigenvalue weighted by atomic mass is 9.84. The minimum Gasteiger partial charge on any atom is -0.402 e. The van der Waals surface area contributed by atoms with Crippen molar-refractivity contribution in [2.24, 2.45) is 0 Å². The monoisotopic (exact) mass is 507 g/mol. The number of rotatable bonds is 3. The van der Waals surface area contributed by atoms with E-state index in [0.29, 0.717) is 22.7 Å². The Kier molecular flexibility index (Phi) is 9.84. The van der Waals surface area contributed by atoms with E-state index in [1.807, 2.05) is 41.5 Å². The number of carbonyl (C=O) groups excluding carboxylic acids is 1. The first-order valence-corrected chi connectivity index (χ1v) is 12.2. The number of carbonyl (C=O) groups is 1. The number of nitrogen functional groups attached to an aromatic ring is 1. The average Bonchev–Trinajstić information content (AvgIpc) is 3.25. The summed E-state index contributed by atoms with van der Waals surface area (Å²) in [4.78, 5) is 15.1. The van der Waals surface area contributed by atoms with Gasteiger partial charge in [-0.3, -0.25) is 4.79 Å². The van der Waals surface area contributed by atoms with Crippen LogP contribution in [0.25, 0.3) is 22.5 Å². The van der Waals surface area contributed by atoms with Gasteiger partial charge in [0.1, 0.15) is 18.0 Å². The molecule has 1 aromatic carbocycles. The number of halogens is 3. The molecule has 0 radical (unpaired) electrons. The van der Waals surface area contributed by atoms with Gasteiger partial charge in [0.2, 0.25) is 0 Å². The number of nitrogens with one attached hydrogen (secondary N) is 1. The Hall–Kier alpha value is -3.17. The molecule has 0 unspecified atom stereocenters. The summed E-state index contributed by atoms with van der Waals surface area (Å²) in [6, 6.07) is 5.05. The largest absolute Gasteiger partial charge is 0.405 e. The number of anilines is 2. The number of nitrogens with zero attached hydrogens (tertiary/aromatic N) is 3. The minimum absolute atomic E-state index is 0.0627. The Morgan fingerprint density at radius 1 is 1.03 bits per heavy atom. The Morgan fingerprint density at radius 3 is 2.14 bits per heavy atom. The van der Waals surface area contributed by atoms with Gasteiger partial charge in [-0.25, -0.2) is 4.98 Å². The molecule has 0 bridgehead atoms. The smallest absolute Gasteiger partial charge is 0.402 e. The molecule has 3 aromatic rings. The van der Waals surface area contributed by atoms with Crippen LogP contribution in [-0.2, 0) is 10.2 Å². The van der Waals surface area contributed by atoms with Crippen LogP contribution in [0.2, 0.25) is 0 Å². The predicted octanol–water partition coefficient (Wildman–Crippen LogP) is 6.99. The summed E-state index contributed by atoms with van der Waals surface area (Å²) in [6.45, 7) is 10.7. The van der Waals surface area contributed by atoms with Crippen LogP contribution in [0.5, 0.6) is 0 Å². The van der Waals surface area contributed by atoms with Crippen molar-refractivity contribution >= 4 is 28.4 Å². The third-order valence-corrected chi connectivity index (χ3v) is 5.49. The molecule has 0 amide bonds. The molecule has 2 aromatic heterocycles. The standard InChI is InChI=1S/C18H20F3N5O.C6H10O.C2H6/c1-9-5-13(15-25-26-16(22)27-15)24-14-11(9)6-10(23-8-18(19,20)21)7-12(14)17(2,3)4;7-6-4-2-1-3-5-6;1-2/h5-7,23H,8H2,1-4H3,(H2,22,26);1-5H2;1-2H3. The SMILES string of the molecule is CC.Cc1cc(-c2nnc(N)o2)nc2c(C(C)(C)C)cc(NCC(F)(F)F)cc12.O=C1CCCCC1. The van der Waals surface area contributed by atoms with E-state index in [2.05, 4.69) is 20.5 Å². The second-order valence-corrected chi connectivity index (χ2v) is 9.51. The van der Waals surface area contributed by atoms with E-state index < -0.39 is 12.7 Å². The van der Waals surface area contributed by atoms with Gasteiger partial charge in [0.15, 0.2) is 0 Å². The maximum absolute atomic E-state index is 12.6. The van der Waals surface area contributed by atoms with Crippen LogP contribution < -0.4 is 11.1 Å². The third-order valence-electron chi connectivity index (χ3n) is 5.49. The highest BCUT2D eigenvalue weighted by atomic mass is 19.4. The van der Waals surface area contributed by atoms with Crippen molar-refractivity contribution in [3.05, 3.63) is 29.3 Å². The molecule has 1 saturated carbocycles. The number of Topliss-reactive ketones (excluding diaryl/α,β-unsaturated/α-hetero) is 1. The molecule has 0 spiro atoms. The van der Waals surface area contributed by atoms with Crippen LogP contribution in [0, 0.1) is 6.92 Å². The van der Waals surface area contributed by atoms with Crippen molar-refractivity contribution in [2.75, 3.05) is 17.6 Å². The molecule has 1 aliphatic rings. The third kappa shape index (κ3) is 8.20. The zero-order chi connectivity index (χ0) is 27.1. The van der Waals surface area contributed by atoms with E-state index in [4.69, 9.17) is 10.2 Å². The molecule has 36 heavy (non-hydrogen) atoms. The van der Waals surface area contributed by atoms with Crippen molar-refractivity contribution in [3.8, 4) is 11.6 Å². The maximum Gasteiger partial charge on any atom is 0.405 e. The second-order valence-electron chi connectivity index (χ2n) is 9.51. The lowest BCUT2D eigenvalue weighted by Crippen LogP contribution is -2.22. The molecule has 7 nitrogen and oxygen atoms in total. The topological polar surface area (TPSA) is 107 Å². The number of benzene rings is 1. The van der Waals surface area contributed by atoms with Gasteiger partial charge in [-0.15, -0.1) is 5.10 Å². The summed E-state index contributed by atoms with van der Waals surface area (Å²) in [5, 5.41) is 10.7. The predicted molar refractivity (Wildman–Crippen MR) is 137 cm³/mol. The van der Waals surface area contributed by atoms with E-state index in [1.165, 1.54) is 6.42 Å². The van der Waals surface area contributed by atoms with Gasteiger partial charge in [0.25, 0.3) is 5.89 Å². The minimum atomic E-state index is -4.30. The van der Waals surface area contributed by atoms with Crippen molar-refractivity contribution in [1.82, 2.24) is 15.2 Å². The van der Waals surface area contributed by atoms with Crippen LogP contribution in [0.4, 0.5) is 24.9 Å². The fourth-order valence-electron chi connectivity index (χ4n) is 3.76. The van der Waals surface area contributed by atoms with E-state index in [0.717, 1.165) is 42.2 Å². The van der Waals surface area contributed by atoms with Gasteiger partial charge in [0, 0.05) is 23.9 Å². The summed E-state index contributed by atoms with van der Waals surface area (Å²) in [6.07, 6.45) is 0.940.